The lowest BCUT2D eigenvalue weighted by Crippen LogP contribution is -2.44. The molecule has 2 atom stereocenters. The fourth-order valence-corrected chi connectivity index (χ4v) is 3.42. The Hall–Kier alpha value is -1.48. The largest absolute Gasteiger partial charge is 0.478 e. The van der Waals surface area contributed by atoms with Crippen molar-refractivity contribution >= 4 is 25.7 Å². The number of alkyl carbamates (subject to hydrolysis) is 1. The smallest absolute Gasteiger partial charge is 0.464 e. The second kappa shape index (κ2) is 8.57. The van der Waals surface area contributed by atoms with E-state index in [0.717, 1.165) is 0 Å². The van der Waals surface area contributed by atoms with Gasteiger partial charge in [0.05, 0.1) is 13.2 Å². The third-order valence-electron chi connectivity index (χ3n) is 2.99. The number of hydrogen-bond acceptors (Lipinski definition) is 9. The molecule has 0 radical (unpaired) electrons. The molecule has 0 aromatic rings. The van der Waals surface area contributed by atoms with Crippen molar-refractivity contribution in [1.29, 1.82) is 0 Å². The van der Waals surface area contributed by atoms with Gasteiger partial charge < -0.3 is 14.8 Å². The van der Waals surface area contributed by atoms with E-state index < -0.39 is 38.2 Å². The average molecular weight is 367 g/mol. The lowest BCUT2D eigenvalue weighted by atomic mass is 9.85. The molecule has 24 heavy (non-hydrogen) atoms. The summed E-state index contributed by atoms with van der Waals surface area (Å²) in [6.07, 6.45) is -1.82. The van der Waals surface area contributed by atoms with Crippen LogP contribution < -0.4 is 5.32 Å². The van der Waals surface area contributed by atoms with Gasteiger partial charge in [0.25, 0.3) is 0 Å². The lowest BCUT2D eigenvalue weighted by Gasteiger charge is -2.38. The summed E-state index contributed by atoms with van der Waals surface area (Å²) in [7, 11) is -4.00. The summed E-state index contributed by atoms with van der Waals surface area (Å²) in [5.41, 5.74) is -0.655. The van der Waals surface area contributed by atoms with Gasteiger partial charge in [0.2, 0.25) is 6.79 Å². The first-order chi connectivity index (χ1) is 11.1. The van der Waals surface area contributed by atoms with Gasteiger partial charge in [-0.25, -0.2) is 13.9 Å². The predicted molar refractivity (Wildman–Crippen MR) is 80.0 cm³/mol. The Labute approximate surface area is 139 Å². The van der Waals surface area contributed by atoms with Crippen LogP contribution in [0.3, 0.4) is 0 Å². The number of ether oxygens (including phenoxy) is 2. The van der Waals surface area contributed by atoms with Gasteiger partial charge in [-0.2, -0.15) is 0 Å². The molecule has 1 aliphatic rings. The van der Waals surface area contributed by atoms with Crippen LogP contribution in [0, 0.1) is 5.41 Å². The molecule has 1 amide bonds. The van der Waals surface area contributed by atoms with E-state index in [1.54, 1.807) is 13.8 Å². The van der Waals surface area contributed by atoms with Gasteiger partial charge >= 0.3 is 19.9 Å². The van der Waals surface area contributed by atoms with Crippen molar-refractivity contribution in [3.63, 3.8) is 0 Å². The Morgan fingerprint density at radius 2 is 1.92 bits per heavy atom. The Balaban J connectivity index is 2.36. The standard InChI is InChI=1S/C13H22NO9P/c1-9(15)11-13(3,4)7-21-24(18,23-11)22-8-20-12(17)14-5-6-19-10(2)16/h11H,5-8H2,1-4H3,(H,14,17)/t11-,24?/m0/s1. The number of amides is 1. The van der Waals surface area contributed by atoms with Crippen LogP contribution in [0.25, 0.3) is 0 Å². The topological polar surface area (TPSA) is 126 Å². The summed E-state index contributed by atoms with van der Waals surface area (Å²) in [6.45, 7) is 5.35. The molecule has 10 nitrogen and oxygen atoms in total. The van der Waals surface area contributed by atoms with E-state index in [4.69, 9.17) is 13.6 Å². The zero-order valence-electron chi connectivity index (χ0n) is 14.0. The number of rotatable bonds is 7. The molecule has 138 valence electrons. The van der Waals surface area contributed by atoms with Crippen LogP contribution in [0.4, 0.5) is 4.79 Å². The van der Waals surface area contributed by atoms with Gasteiger partial charge in [0.15, 0.2) is 5.78 Å². The molecule has 1 saturated heterocycles. The summed E-state index contributed by atoms with van der Waals surface area (Å²) in [5.74, 6) is -0.780. The van der Waals surface area contributed by atoms with Crippen LogP contribution in [0.2, 0.25) is 0 Å². The van der Waals surface area contributed by atoms with Crippen molar-refractivity contribution < 1.29 is 42.0 Å². The third kappa shape index (κ3) is 6.56. The number of Topliss-reactive ketones (excluding diaryl/α,β-unsaturated/α-hetero) is 1. The molecular weight excluding hydrogens is 345 g/mol. The lowest BCUT2D eigenvalue weighted by molar-refractivity contribution is -0.140. The van der Waals surface area contributed by atoms with E-state index in [0.29, 0.717) is 0 Å². The maximum absolute atomic E-state index is 12.3. The predicted octanol–water partition coefficient (Wildman–Crippen LogP) is 1.39. The molecule has 0 aromatic heterocycles. The number of phosphoric acid groups is 1. The van der Waals surface area contributed by atoms with Gasteiger partial charge in [-0.3, -0.25) is 18.6 Å². The molecule has 1 fully saturated rings. The summed E-state index contributed by atoms with van der Waals surface area (Å²) >= 11 is 0. The zero-order valence-corrected chi connectivity index (χ0v) is 14.9. The Morgan fingerprint density at radius 3 is 2.50 bits per heavy atom. The van der Waals surface area contributed by atoms with E-state index in [1.807, 2.05) is 0 Å². The minimum atomic E-state index is -4.00. The van der Waals surface area contributed by atoms with E-state index >= 15 is 0 Å². The van der Waals surface area contributed by atoms with Crippen LogP contribution in [-0.2, 0) is 37.2 Å². The van der Waals surface area contributed by atoms with Crippen molar-refractivity contribution in [2.75, 3.05) is 26.6 Å². The number of hydrogen-bond donors (Lipinski definition) is 1. The number of carbonyl (C=O) groups is 3. The molecule has 0 saturated carbocycles. The van der Waals surface area contributed by atoms with Crippen molar-refractivity contribution in [1.82, 2.24) is 5.32 Å². The highest BCUT2D eigenvalue weighted by Crippen LogP contribution is 2.57. The molecule has 1 heterocycles. The molecule has 0 aliphatic carbocycles. The maximum atomic E-state index is 12.3. The highest BCUT2D eigenvalue weighted by Gasteiger charge is 2.47. The fraction of sp³-hybridized carbons (Fsp3) is 0.769. The SMILES string of the molecule is CC(=O)OCCNC(=O)OCOP1(=O)OCC(C)(C)[C@H](C(C)=O)O1. The van der Waals surface area contributed by atoms with Gasteiger partial charge in [-0.1, -0.05) is 13.8 Å². The minimum absolute atomic E-state index is 0.00855. The van der Waals surface area contributed by atoms with Crippen LogP contribution in [-0.4, -0.2) is 50.5 Å². The summed E-state index contributed by atoms with van der Waals surface area (Å²) in [5, 5.41) is 2.28. The van der Waals surface area contributed by atoms with E-state index in [2.05, 4.69) is 14.8 Å². The van der Waals surface area contributed by atoms with E-state index in [9.17, 15) is 18.9 Å². The molecule has 1 aliphatic heterocycles. The monoisotopic (exact) mass is 367 g/mol. The summed E-state index contributed by atoms with van der Waals surface area (Å²) in [6, 6.07) is 0. The first-order valence-corrected chi connectivity index (χ1v) is 8.64. The van der Waals surface area contributed by atoms with Crippen LogP contribution in [0.15, 0.2) is 0 Å². The molecule has 1 N–H and O–H groups in total. The second-order valence-corrected chi connectivity index (χ2v) is 7.37. The van der Waals surface area contributed by atoms with E-state index in [-0.39, 0.29) is 25.5 Å². The molecular formula is C13H22NO9P. The Kier molecular flexibility index (Phi) is 7.34. The average Bonchev–Trinajstić information content (AvgIpc) is 2.46. The number of ketones is 1. The fourth-order valence-electron chi connectivity index (χ4n) is 1.86. The van der Waals surface area contributed by atoms with Gasteiger partial charge in [-0.05, 0) is 6.92 Å². The quantitative estimate of drug-likeness (QED) is 0.307. The second-order valence-electron chi connectivity index (χ2n) is 5.75. The van der Waals surface area contributed by atoms with Gasteiger partial charge in [0, 0.05) is 12.3 Å². The first-order valence-electron chi connectivity index (χ1n) is 7.18. The van der Waals surface area contributed by atoms with Crippen molar-refractivity contribution in [3.05, 3.63) is 0 Å². The van der Waals surface area contributed by atoms with E-state index in [1.165, 1.54) is 13.8 Å². The maximum Gasteiger partial charge on any atom is 0.478 e. The van der Waals surface area contributed by atoms with Crippen molar-refractivity contribution in [2.24, 2.45) is 5.41 Å². The molecule has 0 bridgehead atoms. The van der Waals surface area contributed by atoms with Crippen LogP contribution in [0.1, 0.15) is 27.7 Å². The van der Waals surface area contributed by atoms with Crippen LogP contribution in [0.5, 0.6) is 0 Å². The third-order valence-corrected chi connectivity index (χ3v) is 4.32. The summed E-state index contributed by atoms with van der Waals surface area (Å²) in [4.78, 5) is 33.4. The van der Waals surface area contributed by atoms with Crippen molar-refractivity contribution in [2.45, 2.75) is 33.8 Å². The Morgan fingerprint density at radius 1 is 1.25 bits per heavy atom. The van der Waals surface area contributed by atoms with Crippen molar-refractivity contribution in [3.8, 4) is 0 Å². The number of carbonyl (C=O) groups excluding carboxylic acids is 3. The minimum Gasteiger partial charge on any atom is -0.464 e. The normalized spacial score (nSPS) is 25.6. The molecule has 0 spiro atoms. The number of esters is 1. The van der Waals surface area contributed by atoms with Crippen LogP contribution >= 0.6 is 7.82 Å². The highest BCUT2D eigenvalue weighted by atomic mass is 31.2. The molecule has 0 aromatic carbocycles. The molecule has 11 heteroatoms. The number of phosphoric ester groups is 1. The summed E-state index contributed by atoms with van der Waals surface area (Å²) < 4.78 is 36.6. The zero-order chi connectivity index (χ0) is 18.4. The Bertz CT molecular complexity index is 534. The first kappa shape index (κ1) is 20.6. The van der Waals surface area contributed by atoms with Gasteiger partial charge in [0.1, 0.15) is 12.7 Å². The molecule has 1 unspecified atom stereocenters. The molecule has 1 rings (SSSR count). The van der Waals surface area contributed by atoms with Gasteiger partial charge in [-0.15, -0.1) is 0 Å². The highest BCUT2D eigenvalue weighted by molar-refractivity contribution is 7.48. The number of nitrogens with one attached hydrogen (secondary N) is 1.